The van der Waals surface area contributed by atoms with E-state index in [2.05, 4.69) is 32.1 Å². The summed E-state index contributed by atoms with van der Waals surface area (Å²) in [7, 11) is 0. The van der Waals surface area contributed by atoms with Crippen LogP contribution in [0.1, 0.15) is 12.1 Å². The summed E-state index contributed by atoms with van der Waals surface area (Å²) in [5.41, 5.74) is 2.33. The van der Waals surface area contributed by atoms with Crippen molar-refractivity contribution in [3.8, 4) is 10.6 Å². The summed E-state index contributed by atoms with van der Waals surface area (Å²) in [6.45, 7) is 2.62. The second kappa shape index (κ2) is 4.86. The number of hydrogen-bond acceptors (Lipinski definition) is 5. The largest absolute Gasteiger partial charge is 0.392 e. The Bertz CT molecular complexity index is 480. The molecule has 1 saturated heterocycles. The van der Waals surface area contributed by atoms with Crippen LogP contribution in [0.4, 0.5) is 0 Å². The monoisotopic (exact) mass is 266 g/mol. The van der Waals surface area contributed by atoms with E-state index in [1.165, 1.54) is 5.56 Å². The van der Waals surface area contributed by atoms with Crippen molar-refractivity contribution in [1.29, 1.82) is 0 Å². The number of thiazole rings is 1. The number of aliphatic hydroxyl groups is 1. The zero-order valence-corrected chi connectivity index (χ0v) is 11.0. The van der Waals surface area contributed by atoms with Crippen molar-refractivity contribution in [3.05, 3.63) is 27.9 Å². The average Bonchev–Trinajstić information content (AvgIpc) is 3.00. The minimum absolute atomic E-state index is 0.148. The van der Waals surface area contributed by atoms with E-state index in [-0.39, 0.29) is 6.10 Å². The fourth-order valence-electron chi connectivity index (χ4n) is 2.08. The van der Waals surface area contributed by atoms with Gasteiger partial charge in [-0.15, -0.1) is 11.3 Å². The summed E-state index contributed by atoms with van der Waals surface area (Å²) in [6, 6.07) is 2.10. The normalized spacial score (nSPS) is 21.1. The number of hydrogen-bond donors (Lipinski definition) is 1. The first-order chi connectivity index (χ1) is 8.31. The molecular formula is C12H14N2OS2. The quantitative estimate of drug-likeness (QED) is 0.927. The van der Waals surface area contributed by atoms with Gasteiger partial charge in [-0.2, -0.15) is 11.3 Å². The molecule has 0 unspecified atom stereocenters. The lowest BCUT2D eigenvalue weighted by Crippen LogP contribution is -2.21. The summed E-state index contributed by atoms with van der Waals surface area (Å²) in [6.07, 6.45) is 0.742. The molecule has 1 fully saturated rings. The summed E-state index contributed by atoms with van der Waals surface area (Å²) < 4.78 is 0. The van der Waals surface area contributed by atoms with E-state index in [1.807, 2.05) is 0 Å². The van der Waals surface area contributed by atoms with Crippen molar-refractivity contribution in [3.63, 3.8) is 0 Å². The molecule has 3 rings (SSSR count). The van der Waals surface area contributed by atoms with Gasteiger partial charge in [0.25, 0.3) is 0 Å². The van der Waals surface area contributed by atoms with Crippen LogP contribution < -0.4 is 0 Å². The van der Waals surface area contributed by atoms with Gasteiger partial charge in [0.1, 0.15) is 5.01 Å². The maximum Gasteiger partial charge on any atom is 0.124 e. The summed E-state index contributed by atoms with van der Waals surface area (Å²) in [5.74, 6) is 0. The second-order valence-corrected chi connectivity index (χ2v) is 5.97. The van der Waals surface area contributed by atoms with Gasteiger partial charge in [-0.05, 0) is 17.9 Å². The van der Waals surface area contributed by atoms with Gasteiger partial charge in [0.2, 0.25) is 0 Å². The van der Waals surface area contributed by atoms with Crippen LogP contribution in [0.2, 0.25) is 0 Å². The van der Waals surface area contributed by atoms with Crippen LogP contribution in [0.15, 0.2) is 22.2 Å². The third-order valence-corrected chi connectivity index (χ3v) is 4.58. The molecule has 1 atom stereocenters. The molecule has 1 aliphatic rings. The third-order valence-electron chi connectivity index (χ3n) is 2.95. The van der Waals surface area contributed by atoms with Gasteiger partial charge in [0, 0.05) is 36.0 Å². The molecule has 90 valence electrons. The molecule has 0 amide bonds. The van der Waals surface area contributed by atoms with Crippen molar-refractivity contribution in [1.82, 2.24) is 9.88 Å². The first-order valence-electron chi connectivity index (χ1n) is 5.68. The number of nitrogens with zero attached hydrogens (tertiary/aromatic N) is 2. The van der Waals surface area contributed by atoms with Crippen molar-refractivity contribution in [2.45, 2.75) is 19.1 Å². The van der Waals surface area contributed by atoms with Crippen molar-refractivity contribution in [2.24, 2.45) is 0 Å². The lowest BCUT2D eigenvalue weighted by molar-refractivity contribution is 0.174. The van der Waals surface area contributed by atoms with Gasteiger partial charge in [-0.25, -0.2) is 4.98 Å². The minimum Gasteiger partial charge on any atom is -0.392 e. The van der Waals surface area contributed by atoms with Crippen molar-refractivity contribution >= 4 is 22.7 Å². The van der Waals surface area contributed by atoms with Crippen molar-refractivity contribution in [2.75, 3.05) is 13.1 Å². The number of β-amino-alcohol motifs (C(OH)–C–C–N with tert-alkyl or cyclic N) is 1. The Kier molecular flexibility index (Phi) is 3.24. The SMILES string of the molecule is O[C@H]1CCN(Cc2csc(-c3ccsc3)n2)C1. The van der Waals surface area contributed by atoms with E-state index < -0.39 is 0 Å². The van der Waals surface area contributed by atoms with Crippen LogP contribution in [0.25, 0.3) is 10.6 Å². The Morgan fingerprint density at radius 1 is 1.47 bits per heavy atom. The smallest absolute Gasteiger partial charge is 0.124 e. The van der Waals surface area contributed by atoms with E-state index in [0.717, 1.165) is 36.8 Å². The summed E-state index contributed by atoms with van der Waals surface area (Å²) in [5, 5.41) is 16.9. The first-order valence-corrected chi connectivity index (χ1v) is 7.51. The van der Waals surface area contributed by atoms with Gasteiger partial charge < -0.3 is 5.11 Å². The molecule has 5 heteroatoms. The molecule has 0 saturated carbocycles. The zero-order valence-electron chi connectivity index (χ0n) is 9.37. The van der Waals surface area contributed by atoms with E-state index in [9.17, 15) is 5.11 Å². The van der Waals surface area contributed by atoms with E-state index >= 15 is 0 Å². The number of aromatic nitrogens is 1. The van der Waals surface area contributed by atoms with Crippen LogP contribution in [-0.4, -0.2) is 34.2 Å². The summed E-state index contributed by atoms with van der Waals surface area (Å²) in [4.78, 5) is 6.90. The van der Waals surface area contributed by atoms with Crippen LogP contribution in [0.5, 0.6) is 0 Å². The highest BCUT2D eigenvalue weighted by Gasteiger charge is 2.20. The first kappa shape index (κ1) is 11.3. The van der Waals surface area contributed by atoms with Gasteiger partial charge in [0.05, 0.1) is 11.8 Å². The molecule has 2 aromatic rings. The Morgan fingerprint density at radius 3 is 3.12 bits per heavy atom. The van der Waals surface area contributed by atoms with Gasteiger partial charge in [0.15, 0.2) is 0 Å². The Hall–Kier alpha value is -0.750. The fourth-order valence-corrected chi connectivity index (χ4v) is 3.61. The molecule has 0 aromatic carbocycles. The molecule has 3 heterocycles. The molecule has 0 bridgehead atoms. The topological polar surface area (TPSA) is 36.4 Å². The zero-order chi connectivity index (χ0) is 11.7. The van der Waals surface area contributed by atoms with Crippen LogP contribution >= 0.6 is 22.7 Å². The maximum absolute atomic E-state index is 9.47. The third kappa shape index (κ3) is 2.57. The van der Waals surface area contributed by atoms with Crippen LogP contribution in [0.3, 0.4) is 0 Å². The van der Waals surface area contributed by atoms with E-state index in [4.69, 9.17) is 0 Å². The lowest BCUT2D eigenvalue weighted by atomic mass is 10.3. The number of likely N-dealkylation sites (tertiary alicyclic amines) is 1. The minimum atomic E-state index is -0.148. The second-order valence-electron chi connectivity index (χ2n) is 4.33. The lowest BCUT2D eigenvalue weighted by Gasteiger charge is -2.12. The predicted octanol–water partition coefficient (Wildman–Crippen LogP) is 2.44. The maximum atomic E-state index is 9.47. The van der Waals surface area contributed by atoms with E-state index in [0.29, 0.717) is 0 Å². The Balaban J connectivity index is 1.69. The average molecular weight is 266 g/mol. The van der Waals surface area contributed by atoms with Crippen LogP contribution in [-0.2, 0) is 6.54 Å². The predicted molar refractivity (Wildman–Crippen MR) is 71.3 cm³/mol. The molecule has 0 radical (unpaired) electrons. The Morgan fingerprint density at radius 2 is 2.41 bits per heavy atom. The fraction of sp³-hybridized carbons (Fsp3) is 0.417. The number of rotatable bonds is 3. The molecule has 2 aromatic heterocycles. The molecule has 17 heavy (non-hydrogen) atoms. The molecular weight excluding hydrogens is 252 g/mol. The highest BCUT2D eigenvalue weighted by molar-refractivity contribution is 7.14. The molecule has 3 nitrogen and oxygen atoms in total. The molecule has 1 N–H and O–H groups in total. The number of aliphatic hydroxyl groups excluding tert-OH is 1. The van der Waals surface area contributed by atoms with E-state index in [1.54, 1.807) is 22.7 Å². The summed E-state index contributed by atoms with van der Waals surface area (Å²) >= 11 is 3.40. The Labute approximate surface area is 108 Å². The molecule has 1 aliphatic heterocycles. The molecule has 0 aliphatic carbocycles. The molecule has 0 spiro atoms. The highest BCUT2D eigenvalue weighted by Crippen LogP contribution is 2.26. The van der Waals surface area contributed by atoms with Crippen molar-refractivity contribution < 1.29 is 5.11 Å². The standard InChI is InChI=1S/C12H14N2OS2/c15-11-1-3-14(6-11)5-10-8-17-12(13-10)9-2-4-16-7-9/h2,4,7-8,11,15H,1,3,5-6H2/t11-/m0/s1. The van der Waals surface area contributed by atoms with Gasteiger partial charge >= 0.3 is 0 Å². The van der Waals surface area contributed by atoms with Crippen LogP contribution in [0, 0.1) is 0 Å². The number of thiophene rings is 1. The van der Waals surface area contributed by atoms with Gasteiger partial charge in [-0.1, -0.05) is 0 Å². The van der Waals surface area contributed by atoms with Gasteiger partial charge in [-0.3, -0.25) is 4.90 Å². The highest BCUT2D eigenvalue weighted by atomic mass is 32.1.